The average Bonchev–Trinajstić information content (AvgIpc) is 2.83. The Morgan fingerprint density at radius 3 is 2.29 bits per heavy atom. The number of benzene rings is 3. The van der Waals surface area contributed by atoms with Crippen LogP contribution >= 0.6 is 8.58 Å². The van der Waals surface area contributed by atoms with E-state index in [4.69, 9.17) is 4.74 Å². The standard InChI is InChI=1S/C32H42NOP/c1-8-9-19-32(6,35-29-18-14-13-17-26(29)22-33-7)28-21-27(31(3,4)5)20-24(2)30(28)34-23-25-15-11-10-12-16-25/h10-18,20-22,35H,8-9,19,23H2,1-7H3. The van der Waals surface area contributed by atoms with Crippen molar-refractivity contribution in [1.82, 2.24) is 0 Å². The fourth-order valence-electron chi connectivity index (χ4n) is 4.49. The van der Waals surface area contributed by atoms with Crippen molar-refractivity contribution in [2.45, 2.75) is 78.0 Å². The Bertz CT molecular complexity index is 1130. The van der Waals surface area contributed by atoms with Crippen LogP contribution < -0.4 is 10.0 Å². The maximum absolute atomic E-state index is 6.64. The van der Waals surface area contributed by atoms with E-state index in [0.29, 0.717) is 15.2 Å². The molecule has 0 aliphatic heterocycles. The predicted molar refractivity (Wildman–Crippen MR) is 155 cm³/mol. The molecule has 2 unspecified atom stereocenters. The van der Waals surface area contributed by atoms with Gasteiger partial charge in [0.1, 0.15) is 12.4 Å². The lowest BCUT2D eigenvalue weighted by molar-refractivity contribution is 0.296. The number of ether oxygens (including phenoxy) is 1. The summed E-state index contributed by atoms with van der Waals surface area (Å²) >= 11 is 0. The van der Waals surface area contributed by atoms with E-state index in [1.165, 1.54) is 46.0 Å². The summed E-state index contributed by atoms with van der Waals surface area (Å²) < 4.78 is 6.64. The normalized spacial score (nSPS) is 14.0. The third-order valence-electron chi connectivity index (χ3n) is 6.63. The zero-order valence-corrected chi connectivity index (χ0v) is 23.6. The number of hydrogen-bond donors (Lipinski definition) is 0. The molecule has 0 amide bonds. The van der Waals surface area contributed by atoms with E-state index in [0.717, 1.165) is 12.2 Å². The van der Waals surface area contributed by atoms with Gasteiger partial charge in [-0.2, -0.15) is 0 Å². The minimum Gasteiger partial charge on any atom is -0.488 e. The van der Waals surface area contributed by atoms with E-state index in [1.807, 2.05) is 13.3 Å². The summed E-state index contributed by atoms with van der Waals surface area (Å²) in [5.74, 6) is 1.05. The van der Waals surface area contributed by atoms with E-state index in [1.54, 1.807) is 0 Å². The molecule has 2 atom stereocenters. The maximum atomic E-state index is 6.64. The van der Waals surface area contributed by atoms with Crippen molar-refractivity contribution in [3.8, 4) is 5.75 Å². The van der Waals surface area contributed by atoms with E-state index >= 15 is 0 Å². The second kappa shape index (κ2) is 12.0. The third kappa shape index (κ3) is 7.05. The van der Waals surface area contributed by atoms with Crippen molar-refractivity contribution < 1.29 is 4.74 Å². The van der Waals surface area contributed by atoms with Crippen LogP contribution in [0.4, 0.5) is 0 Å². The first kappa shape index (κ1) is 27.2. The van der Waals surface area contributed by atoms with Crippen LogP contribution in [0.3, 0.4) is 0 Å². The predicted octanol–water partition coefficient (Wildman–Crippen LogP) is 8.33. The van der Waals surface area contributed by atoms with E-state index in [2.05, 4.69) is 113 Å². The first-order valence-corrected chi connectivity index (χ1v) is 13.8. The van der Waals surface area contributed by atoms with Gasteiger partial charge < -0.3 is 4.74 Å². The number of aliphatic imine (C=N–C) groups is 1. The fourth-order valence-corrected chi connectivity index (χ4v) is 6.18. The Kier molecular flexibility index (Phi) is 9.31. The Balaban J connectivity index is 2.14. The van der Waals surface area contributed by atoms with Crippen LogP contribution in [0.5, 0.6) is 5.75 Å². The van der Waals surface area contributed by atoms with Gasteiger partial charge in [0, 0.05) is 24.0 Å². The molecule has 3 aromatic rings. The fraction of sp³-hybridized carbons (Fsp3) is 0.406. The number of nitrogens with zero attached hydrogens (tertiary/aromatic N) is 1. The minimum absolute atomic E-state index is 0.0360. The first-order chi connectivity index (χ1) is 16.7. The first-order valence-electron chi connectivity index (χ1n) is 12.8. The highest BCUT2D eigenvalue weighted by Crippen LogP contribution is 2.50. The average molecular weight is 488 g/mol. The Morgan fingerprint density at radius 2 is 1.63 bits per heavy atom. The van der Waals surface area contributed by atoms with Crippen molar-refractivity contribution in [3.05, 3.63) is 94.5 Å². The van der Waals surface area contributed by atoms with Gasteiger partial charge in [-0.15, -0.1) is 0 Å². The molecule has 0 saturated heterocycles. The van der Waals surface area contributed by atoms with Crippen LogP contribution in [0.25, 0.3) is 0 Å². The zero-order valence-electron chi connectivity index (χ0n) is 22.6. The van der Waals surface area contributed by atoms with Gasteiger partial charge in [0.15, 0.2) is 0 Å². The van der Waals surface area contributed by atoms with Gasteiger partial charge in [0.2, 0.25) is 0 Å². The summed E-state index contributed by atoms with van der Waals surface area (Å²) in [7, 11) is 2.47. The summed E-state index contributed by atoms with van der Waals surface area (Å²) in [4.78, 5) is 4.33. The van der Waals surface area contributed by atoms with Gasteiger partial charge in [-0.1, -0.05) is 123 Å². The Morgan fingerprint density at radius 1 is 0.943 bits per heavy atom. The van der Waals surface area contributed by atoms with Crippen molar-refractivity contribution >= 4 is 20.1 Å². The molecule has 35 heavy (non-hydrogen) atoms. The summed E-state index contributed by atoms with van der Waals surface area (Å²) in [6, 6.07) is 23.9. The highest BCUT2D eigenvalue weighted by atomic mass is 31.1. The monoisotopic (exact) mass is 487 g/mol. The summed E-state index contributed by atoms with van der Waals surface area (Å²) in [6.45, 7) is 14.4. The second-order valence-electron chi connectivity index (χ2n) is 10.7. The molecule has 0 aliphatic carbocycles. The lowest BCUT2D eigenvalue weighted by Gasteiger charge is -2.35. The number of hydrogen-bond acceptors (Lipinski definition) is 2. The van der Waals surface area contributed by atoms with Crippen LogP contribution in [-0.4, -0.2) is 13.3 Å². The third-order valence-corrected chi connectivity index (χ3v) is 8.43. The quantitative estimate of drug-likeness (QED) is 0.208. The summed E-state index contributed by atoms with van der Waals surface area (Å²) in [6.07, 6.45) is 5.47. The highest BCUT2D eigenvalue weighted by Gasteiger charge is 2.33. The molecule has 0 N–H and O–H groups in total. The highest BCUT2D eigenvalue weighted by molar-refractivity contribution is 7.48. The number of rotatable bonds is 10. The van der Waals surface area contributed by atoms with Crippen LogP contribution in [0.2, 0.25) is 0 Å². The van der Waals surface area contributed by atoms with E-state index in [9.17, 15) is 0 Å². The van der Waals surface area contributed by atoms with Gasteiger partial charge >= 0.3 is 0 Å². The van der Waals surface area contributed by atoms with E-state index < -0.39 is 0 Å². The molecule has 2 nitrogen and oxygen atoms in total. The summed E-state index contributed by atoms with van der Waals surface area (Å²) in [5, 5.41) is 1.33. The molecular weight excluding hydrogens is 445 g/mol. The molecule has 3 heteroatoms. The topological polar surface area (TPSA) is 21.6 Å². The second-order valence-corrected chi connectivity index (χ2v) is 12.6. The van der Waals surface area contributed by atoms with Gasteiger partial charge in [0.05, 0.1) is 0 Å². The number of aryl methyl sites for hydroxylation is 1. The van der Waals surface area contributed by atoms with Crippen LogP contribution in [0.15, 0.2) is 71.7 Å². The van der Waals surface area contributed by atoms with Gasteiger partial charge in [-0.3, -0.25) is 4.99 Å². The molecular formula is C32H42NOP. The molecule has 3 rings (SSSR count). The van der Waals surface area contributed by atoms with Crippen LogP contribution in [-0.2, 0) is 17.2 Å². The molecule has 0 aliphatic rings. The summed E-state index contributed by atoms with van der Waals surface area (Å²) in [5.41, 5.74) is 6.41. The zero-order chi connectivity index (χ0) is 25.5. The lowest BCUT2D eigenvalue weighted by atomic mass is 9.82. The van der Waals surface area contributed by atoms with Crippen molar-refractivity contribution in [1.29, 1.82) is 0 Å². The minimum atomic E-state index is -0.0360. The molecule has 0 fully saturated rings. The van der Waals surface area contributed by atoms with Gasteiger partial charge in [0.25, 0.3) is 0 Å². The largest absolute Gasteiger partial charge is 0.488 e. The van der Waals surface area contributed by atoms with Crippen molar-refractivity contribution in [2.75, 3.05) is 7.05 Å². The Labute approximate surface area is 215 Å². The smallest absolute Gasteiger partial charge is 0.126 e. The van der Waals surface area contributed by atoms with E-state index in [-0.39, 0.29) is 10.6 Å². The molecule has 0 bridgehead atoms. The lowest BCUT2D eigenvalue weighted by Crippen LogP contribution is -2.24. The molecule has 0 radical (unpaired) electrons. The number of unbranched alkanes of at least 4 members (excludes halogenated alkanes) is 1. The van der Waals surface area contributed by atoms with Gasteiger partial charge in [-0.25, -0.2) is 0 Å². The van der Waals surface area contributed by atoms with Crippen molar-refractivity contribution in [3.63, 3.8) is 0 Å². The molecule has 3 aromatic carbocycles. The Hall–Kier alpha value is -2.44. The van der Waals surface area contributed by atoms with Gasteiger partial charge in [-0.05, 0) is 46.3 Å². The molecule has 0 spiro atoms. The van der Waals surface area contributed by atoms with Crippen LogP contribution in [0.1, 0.15) is 81.7 Å². The molecule has 0 aromatic heterocycles. The molecule has 0 heterocycles. The maximum Gasteiger partial charge on any atom is 0.126 e. The molecule has 186 valence electrons. The van der Waals surface area contributed by atoms with Crippen molar-refractivity contribution in [2.24, 2.45) is 4.99 Å². The van der Waals surface area contributed by atoms with Crippen LogP contribution in [0, 0.1) is 6.92 Å². The SMILES string of the molecule is CCCCC(C)(Pc1ccccc1C=NC)c1cc(C(C)(C)C)cc(C)c1OCc1ccccc1. The molecule has 0 saturated carbocycles.